The second kappa shape index (κ2) is 8.72. The lowest BCUT2D eigenvalue weighted by Gasteiger charge is -2.19. The SMILES string of the molecule is CCCOC(=O)CCC(CCN)C(C)C. The van der Waals surface area contributed by atoms with Gasteiger partial charge in [0.05, 0.1) is 6.61 Å². The van der Waals surface area contributed by atoms with Crippen LogP contribution in [-0.4, -0.2) is 19.1 Å². The first-order valence-corrected chi connectivity index (χ1v) is 5.97. The summed E-state index contributed by atoms with van der Waals surface area (Å²) in [5.41, 5.74) is 5.54. The zero-order valence-electron chi connectivity index (χ0n) is 10.3. The molecular formula is C12H25NO2. The Balaban J connectivity index is 3.73. The van der Waals surface area contributed by atoms with Crippen molar-refractivity contribution < 1.29 is 9.53 Å². The zero-order valence-corrected chi connectivity index (χ0v) is 10.3. The molecule has 0 aliphatic heterocycles. The zero-order chi connectivity index (χ0) is 11.7. The van der Waals surface area contributed by atoms with E-state index in [0.717, 1.165) is 19.3 Å². The van der Waals surface area contributed by atoms with Crippen LogP contribution >= 0.6 is 0 Å². The van der Waals surface area contributed by atoms with Crippen LogP contribution < -0.4 is 5.73 Å². The van der Waals surface area contributed by atoms with Crippen LogP contribution in [0.1, 0.15) is 46.5 Å². The number of rotatable bonds is 8. The third kappa shape index (κ3) is 7.37. The van der Waals surface area contributed by atoms with Gasteiger partial charge in [0.25, 0.3) is 0 Å². The Hall–Kier alpha value is -0.570. The second-order valence-corrected chi connectivity index (χ2v) is 4.34. The predicted octanol–water partition coefficient (Wildman–Crippen LogP) is 2.34. The maximum absolute atomic E-state index is 11.3. The maximum Gasteiger partial charge on any atom is 0.305 e. The van der Waals surface area contributed by atoms with E-state index >= 15 is 0 Å². The molecule has 0 aromatic carbocycles. The van der Waals surface area contributed by atoms with Crippen molar-refractivity contribution in [2.45, 2.75) is 46.5 Å². The molecule has 0 rings (SSSR count). The van der Waals surface area contributed by atoms with E-state index < -0.39 is 0 Å². The molecule has 0 amide bonds. The third-order valence-corrected chi connectivity index (χ3v) is 2.67. The Morgan fingerprint density at radius 2 is 2.00 bits per heavy atom. The molecule has 0 aromatic rings. The van der Waals surface area contributed by atoms with Gasteiger partial charge in [-0.05, 0) is 37.6 Å². The monoisotopic (exact) mass is 215 g/mol. The normalized spacial score (nSPS) is 12.9. The lowest BCUT2D eigenvalue weighted by molar-refractivity contribution is -0.144. The number of carbonyl (C=O) groups excluding carboxylic acids is 1. The van der Waals surface area contributed by atoms with E-state index in [9.17, 15) is 4.79 Å². The second-order valence-electron chi connectivity index (χ2n) is 4.34. The molecule has 3 heteroatoms. The summed E-state index contributed by atoms with van der Waals surface area (Å²) in [6, 6.07) is 0. The molecule has 90 valence electrons. The number of ether oxygens (including phenoxy) is 1. The fourth-order valence-electron chi connectivity index (χ4n) is 1.62. The smallest absolute Gasteiger partial charge is 0.305 e. The molecule has 0 saturated carbocycles. The van der Waals surface area contributed by atoms with Crippen molar-refractivity contribution in [1.82, 2.24) is 0 Å². The highest BCUT2D eigenvalue weighted by Crippen LogP contribution is 2.20. The summed E-state index contributed by atoms with van der Waals surface area (Å²) in [7, 11) is 0. The fraction of sp³-hybridized carbons (Fsp3) is 0.917. The lowest BCUT2D eigenvalue weighted by atomic mass is 9.88. The molecule has 0 saturated heterocycles. The summed E-state index contributed by atoms with van der Waals surface area (Å²) >= 11 is 0. The predicted molar refractivity (Wildman–Crippen MR) is 62.5 cm³/mol. The van der Waals surface area contributed by atoms with Crippen molar-refractivity contribution in [2.24, 2.45) is 17.6 Å². The molecule has 0 spiro atoms. The number of nitrogens with two attached hydrogens (primary N) is 1. The first kappa shape index (κ1) is 14.4. The Bertz CT molecular complexity index is 169. The molecule has 15 heavy (non-hydrogen) atoms. The maximum atomic E-state index is 11.3. The molecule has 0 fully saturated rings. The third-order valence-electron chi connectivity index (χ3n) is 2.67. The van der Waals surface area contributed by atoms with Crippen LogP contribution in [0.2, 0.25) is 0 Å². The highest BCUT2D eigenvalue weighted by Gasteiger charge is 2.14. The first-order chi connectivity index (χ1) is 7.11. The van der Waals surface area contributed by atoms with E-state index in [1.54, 1.807) is 0 Å². The molecule has 0 bridgehead atoms. The van der Waals surface area contributed by atoms with Crippen molar-refractivity contribution >= 4 is 5.97 Å². The van der Waals surface area contributed by atoms with Crippen molar-refractivity contribution in [1.29, 1.82) is 0 Å². The van der Waals surface area contributed by atoms with Crippen molar-refractivity contribution in [3.05, 3.63) is 0 Å². The fourth-order valence-corrected chi connectivity index (χ4v) is 1.62. The van der Waals surface area contributed by atoms with E-state index in [4.69, 9.17) is 10.5 Å². The van der Waals surface area contributed by atoms with Gasteiger partial charge in [-0.3, -0.25) is 4.79 Å². The van der Waals surface area contributed by atoms with Crippen LogP contribution in [0.15, 0.2) is 0 Å². The van der Waals surface area contributed by atoms with E-state index in [-0.39, 0.29) is 5.97 Å². The first-order valence-electron chi connectivity index (χ1n) is 5.97. The minimum Gasteiger partial charge on any atom is -0.466 e. The lowest BCUT2D eigenvalue weighted by Crippen LogP contribution is -2.16. The molecule has 0 aromatic heterocycles. The summed E-state index contributed by atoms with van der Waals surface area (Å²) in [6.45, 7) is 7.60. The van der Waals surface area contributed by atoms with Crippen molar-refractivity contribution in [3.8, 4) is 0 Å². The van der Waals surface area contributed by atoms with Gasteiger partial charge in [-0.2, -0.15) is 0 Å². The molecule has 2 N–H and O–H groups in total. The molecule has 1 atom stereocenters. The van der Waals surface area contributed by atoms with Crippen LogP contribution in [0, 0.1) is 11.8 Å². The highest BCUT2D eigenvalue weighted by molar-refractivity contribution is 5.69. The van der Waals surface area contributed by atoms with E-state index in [2.05, 4.69) is 13.8 Å². The van der Waals surface area contributed by atoms with Crippen molar-refractivity contribution in [2.75, 3.05) is 13.2 Å². The van der Waals surface area contributed by atoms with E-state index in [0.29, 0.717) is 31.4 Å². The van der Waals surface area contributed by atoms with Gasteiger partial charge in [0.1, 0.15) is 0 Å². The topological polar surface area (TPSA) is 52.3 Å². The Kier molecular flexibility index (Phi) is 8.38. The van der Waals surface area contributed by atoms with Crippen LogP contribution in [-0.2, 0) is 9.53 Å². The molecule has 0 aliphatic rings. The molecule has 0 aliphatic carbocycles. The van der Waals surface area contributed by atoms with Crippen LogP contribution in [0.3, 0.4) is 0 Å². The summed E-state index contributed by atoms with van der Waals surface area (Å²) in [6.07, 6.45) is 3.32. The van der Waals surface area contributed by atoms with Crippen LogP contribution in [0.5, 0.6) is 0 Å². The van der Waals surface area contributed by atoms with Gasteiger partial charge in [0, 0.05) is 6.42 Å². The molecule has 1 unspecified atom stereocenters. The molecule has 0 radical (unpaired) electrons. The molecule has 3 nitrogen and oxygen atoms in total. The van der Waals surface area contributed by atoms with Gasteiger partial charge in [-0.1, -0.05) is 20.8 Å². The Morgan fingerprint density at radius 1 is 1.33 bits per heavy atom. The van der Waals surface area contributed by atoms with Gasteiger partial charge >= 0.3 is 5.97 Å². The number of carbonyl (C=O) groups is 1. The van der Waals surface area contributed by atoms with Gasteiger partial charge in [0.15, 0.2) is 0 Å². The average molecular weight is 215 g/mol. The minimum atomic E-state index is -0.0699. The van der Waals surface area contributed by atoms with Crippen LogP contribution in [0.25, 0.3) is 0 Å². The van der Waals surface area contributed by atoms with Gasteiger partial charge in [0.2, 0.25) is 0 Å². The summed E-state index contributed by atoms with van der Waals surface area (Å²) in [5.74, 6) is 1.07. The van der Waals surface area contributed by atoms with Crippen LogP contribution in [0.4, 0.5) is 0 Å². The van der Waals surface area contributed by atoms with E-state index in [1.165, 1.54) is 0 Å². The van der Waals surface area contributed by atoms with Gasteiger partial charge in [-0.15, -0.1) is 0 Å². The summed E-state index contributed by atoms with van der Waals surface area (Å²) < 4.78 is 5.03. The number of hydrogen-bond donors (Lipinski definition) is 1. The molecular weight excluding hydrogens is 190 g/mol. The highest BCUT2D eigenvalue weighted by atomic mass is 16.5. The standard InChI is InChI=1S/C12H25NO2/c1-4-9-15-12(14)6-5-11(7-8-13)10(2)3/h10-11H,4-9,13H2,1-3H3. The number of hydrogen-bond acceptors (Lipinski definition) is 3. The average Bonchev–Trinajstić information content (AvgIpc) is 2.20. The Morgan fingerprint density at radius 3 is 2.47 bits per heavy atom. The number of esters is 1. The van der Waals surface area contributed by atoms with Gasteiger partial charge < -0.3 is 10.5 Å². The minimum absolute atomic E-state index is 0.0699. The summed E-state index contributed by atoms with van der Waals surface area (Å²) in [4.78, 5) is 11.3. The van der Waals surface area contributed by atoms with E-state index in [1.807, 2.05) is 6.92 Å². The van der Waals surface area contributed by atoms with Crippen molar-refractivity contribution in [3.63, 3.8) is 0 Å². The summed E-state index contributed by atoms with van der Waals surface area (Å²) in [5, 5.41) is 0. The largest absolute Gasteiger partial charge is 0.466 e. The molecule has 0 heterocycles. The van der Waals surface area contributed by atoms with Gasteiger partial charge in [-0.25, -0.2) is 0 Å². The Labute approximate surface area is 93.4 Å². The quantitative estimate of drug-likeness (QED) is 0.632.